The summed E-state index contributed by atoms with van der Waals surface area (Å²) in [5.41, 5.74) is 1.04. The van der Waals surface area contributed by atoms with Gasteiger partial charge in [0.05, 0.1) is 24.3 Å². The van der Waals surface area contributed by atoms with Crippen molar-refractivity contribution in [3.63, 3.8) is 0 Å². The molecule has 0 bridgehead atoms. The van der Waals surface area contributed by atoms with Crippen LogP contribution in [-0.2, 0) is 0 Å². The van der Waals surface area contributed by atoms with E-state index in [-0.39, 0.29) is 5.91 Å². The SMILES string of the molecule is COc1ccc(NC(=O)c2cc(Br)ccc2OCC(C)C)cc1Cl. The fourth-order valence-corrected chi connectivity index (χ4v) is 2.62. The number of nitrogens with one attached hydrogen (secondary N) is 1. The van der Waals surface area contributed by atoms with Gasteiger partial charge in [0.1, 0.15) is 11.5 Å². The Hall–Kier alpha value is -1.72. The predicted molar refractivity (Wildman–Crippen MR) is 100 cm³/mol. The monoisotopic (exact) mass is 411 g/mol. The van der Waals surface area contributed by atoms with Gasteiger partial charge in [-0.15, -0.1) is 0 Å². The maximum atomic E-state index is 12.6. The zero-order chi connectivity index (χ0) is 17.7. The van der Waals surface area contributed by atoms with Crippen molar-refractivity contribution in [1.82, 2.24) is 0 Å². The Bertz CT molecular complexity index is 734. The van der Waals surface area contributed by atoms with Gasteiger partial charge < -0.3 is 14.8 Å². The Balaban J connectivity index is 2.22. The number of benzene rings is 2. The van der Waals surface area contributed by atoms with Crippen LogP contribution in [0.3, 0.4) is 0 Å². The third-order valence-corrected chi connectivity index (χ3v) is 3.96. The van der Waals surface area contributed by atoms with Crippen LogP contribution in [0.4, 0.5) is 5.69 Å². The van der Waals surface area contributed by atoms with Crippen molar-refractivity contribution in [2.75, 3.05) is 19.0 Å². The second kappa shape index (κ2) is 8.40. The van der Waals surface area contributed by atoms with E-state index in [2.05, 4.69) is 35.1 Å². The van der Waals surface area contributed by atoms with Crippen LogP contribution in [0.5, 0.6) is 11.5 Å². The summed E-state index contributed by atoms with van der Waals surface area (Å²) in [7, 11) is 1.54. The second-order valence-corrected chi connectivity index (χ2v) is 6.97. The predicted octanol–water partition coefficient (Wildman–Crippen LogP) is 5.40. The highest BCUT2D eigenvalue weighted by Gasteiger charge is 2.15. The summed E-state index contributed by atoms with van der Waals surface area (Å²) in [4.78, 5) is 12.6. The number of hydrogen-bond donors (Lipinski definition) is 1. The van der Waals surface area contributed by atoms with E-state index in [9.17, 15) is 4.79 Å². The molecular formula is C18H19BrClNO3. The number of amides is 1. The Morgan fingerprint density at radius 3 is 2.54 bits per heavy atom. The Morgan fingerprint density at radius 1 is 1.21 bits per heavy atom. The number of anilines is 1. The van der Waals surface area contributed by atoms with Gasteiger partial charge in [0.15, 0.2) is 0 Å². The largest absolute Gasteiger partial charge is 0.495 e. The van der Waals surface area contributed by atoms with Crippen LogP contribution in [-0.4, -0.2) is 19.6 Å². The Labute approximate surface area is 155 Å². The maximum absolute atomic E-state index is 12.6. The molecule has 0 saturated carbocycles. The first-order valence-corrected chi connectivity index (χ1v) is 8.65. The van der Waals surface area contributed by atoms with Crippen molar-refractivity contribution in [2.45, 2.75) is 13.8 Å². The third kappa shape index (κ3) is 4.89. The standard InChI is InChI=1S/C18H19BrClNO3/c1-11(2)10-24-16-6-4-12(19)8-14(16)18(22)21-13-5-7-17(23-3)15(20)9-13/h4-9,11H,10H2,1-3H3,(H,21,22). The molecule has 0 atom stereocenters. The number of ether oxygens (including phenoxy) is 2. The highest BCUT2D eigenvalue weighted by atomic mass is 79.9. The number of rotatable bonds is 6. The highest BCUT2D eigenvalue weighted by Crippen LogP contribution is 2.29. The third-order valence-electron chi connectivity index (χ3n) is 3.17. The first-order valence-electron chi connectivity index (χ1n) is 7.48. The molecule has 0 aliphatic rings. The molecule has 4 nitrogen and oxygen atoms in total. The van der Waals surface area contributed by atoms with E-state index in [1.165, 1.54) is 0 Å². The number of hydrogen-bond acceptors (Lipinski definition) is 3. The molecule has 24 heavy (non-hydrogen) atoms. The van der Waals surface area contributed by atoms with Gasteiger partial charge in [-0.05, 0) is 42.3 Å². The van der Waals surface area contributed by atoms with Crippen LogP contribution in [0.15, 0.2) is 40.9 Å². The van der Waals surface area contributed by atoms with Crippen molar-refractivity contribution in [1.29, 1.82) is 0 Å². The van der Waals surface area contributed by atoms with Crippen LogP contribution in [0, 0.1) is 5.92 Å². The van der Waals surface area contributed by atoms with Crippen molar-refractivity contribution in [2.24, 2.45) is 5.92 Å². The summed E-state index contributed by atoms with van der Waals surface area (Å²) < 4.78 is 11.7. The lowest BCUT2D eigenvalue weighted by atomic mass is 10.1. The van der Waals surface area contributed by atoms with Crippen molar-refractivity contribution in [3.8, 4) is 11.5 Å². The molecular weight excluding hydrogens is 394 g/mol. The summed E-state index contributed by atoms with van der Waals surface area (Å²) in [5.74, 6) is 1.20. The summed E-state index contributed by atoms with van der Waals surface area (Å²) in [6, 6.07) is 10.4. The van der Waals surface area contributed by atoms with E-state index < -0.39 is 0 Å². The second-order valence-electron chi connectivity index (χ2n) is 5.65. The fraction of sp³-hybridized carbons (Fsp3) is 0.278. The molecule has 2 rings (SSSR count). The quantitative estimate of drug-likeness (QED) is 0.691. The van der Waals surface area contributed by atoms with Crippen LogP contribution in [0.1, 0.15) is 24.2 Å². The van der Waals surface area contributed by atoms with E-state index in [0.717, 1.165) is 4.47 Å². The van der Waals surface area contributed by atoms with Gasteiger partial charge in [0.2, 0.25) is 0 Å². The molecule has 2 aromatic rings. The van der Waals surface area contributed by atoms with Crippen molar-refractivity contribution in [3.05, 3.63) is 51.5 Å². The van der Waals surface area contributed by atoms with Gasteiger partial charge in [0.25, 0.3) is 5.91 Å². The first-order chi connectivity index (χ1) is 11.4. The molecule has 0 saturated heterocycles. The van der Waals surface area contributed by atoms with E-state index >= 15 is 0 Å². The highest BCUT2D eigenvalue weighted by molar-refractivity contribution is 9.10. The van der Waals surface area contributed by atoms with E-state index in [1.54, 1.807) is 37.4 Å². The molecule has 0 aliphatic carbocycles. The molecule has 0 heterocycles. The molecule has 1 amide bonds. The summed E-state index contributed by atoms with van der Waals surface area (Å²) in [5, 5.41) is 3.26. The van der Waals surface area contributed by atoms with Gasteiger partial charge in [0, 0.05) is 10.2 Å². The lowest BCUT2D eigenvalue weighted by molar-refractivity contribution is 0.102. The topological polar surface area (TPSA) is 47.6 Å². The summed E-state index contributed by atoms with van der Waals surface area (Å²) in [6.07, 6.45) is 0. The van der Waals surface area contributed by atoms with Crippen molar-refractivity contribution >= 4 is 39.1 Å². The average molecular weight is 413 g/mol. The number of methoxy groups -OCH3 is 1. The molecule has 0 aliphatic heterocycles. The molecule has 6 heteroatoms. The van der Waals surface area contributed by atoms with Gasteiger partial charge in [-0.2, -0.15) is 0 Å². The maximum Gasteiger partial charge on any atom is 0.259 e. The van der Waals surface area contributed by atoms with Crippen LogP contribution in [0.25, 0.3) is 0 Å². The normalized spacial score (nSPS) is 10.6. The lowest BCUT2D eigenvalue weighted by Gasteiger charge is -2.14. The molecule has 0 unspecified atom stereocenters. The van der Waals surface area contributed by atoms with Gasteiger partial charge in [-0.25, -0.2) is 0 Å². The Kier molecular flexibility index (Phi) is 6.52. The zero-order valence-corrected chi connectivity index (χ0v) is 16.1. The van der Waals surface area contributed by atoms with Gasteiger partial charge in [-0.1, -0.05) is 41.4 Å². The van der Waals surface area contributed by atoms with Gasteiger partial charge in [-0.3, -0.25) is 4.79 Å². The smallest absolute Gasteiger partial charge is 0.259 e. The summed E-state index contributed by atoms with van der Waals surface area (Å²) >= 11 is 9.48. The van der Waals surface area contributed by atoms with Crippen molar-refractivity contribution < 1.29 is 14.3 Å². The van der Waals surface area contributed by atoms with Crippen LogP contribution >= 0.6 is 27.5 Å². The molecule has 0 fully saturated rings. The zero-order valence-electron chi connectivity index (χ0n) is 13.7. The Morgan fingerprint density at radius 2 is 1.92 bits per heavy atom. The molecule has 0 spiro atoms. The van der Waals surface area contributed by atoms with Gasteiger partial charge >= 0.3 is 0 Å². The minimum Gasteiger partial charge on any atom is -0.495 e. The number of carbonyl (C=O) groups excluding carboxylic acids is 1. The van der Waals surface area contributed by atoms with E-state index in [1.807, 2.05) is 6.07 Å². The molecule has 0 aromatic heterocycles. The van der Waals surface area contributed by atoms with E-state index in [0.29, 0.717) is 40.3 Å². The first kappa shape index (κ1) is 18.6. The molecule has 128 valence electrons. The fourth-order valence-electron chi connectivity index (χ4n) is 2.00. The van der Waals surface area contributed by atoms with Crippen LogP contribution in [0.2, 0.25) is 5.02 Å². The van der Waals surface area contributed by atoms with Crippen LogP contribution < -0.4 is 14.8 Å². The summed E-state index contributed by atoms with van der Waals surface area (Å²) in [6.45, 7) is 4.65. The lowest BCUT2D eigenvalue weighted by Crippen LogP contribution is -2.15. The number of halogens is 2. The van der Waals surface area contributed by atoms with E-state index in [4.69, 9.17) is 21.1 Å². The molecule has 0 radical (unpaired) electrons. The minimum atomic E-state index is -0.267. The molecule has 1 N–H and O–H groups in total. The minimum absolute atomic E-state index is 0.267. The average Bonchev–Trinajstić information content (AvgIpc) is 2.53. The molecule has 2 aromatic carbocycles. The number of carbonyl (C=O) groups is 1.